The summed E-state index contributed by atoms with van der Waals surface area (Å²) < 4.78 is 10.5. The first-order valence-corrected chi connectivity index (χ1v) is 4.92. The topological polar surface area (TPSA) is 30.5 Å². The van der Waals surface area contributed by atoms with Gasteiger partial charge < -0.3 is 14.8 Å². The summed E-state index contributed by atoms with van der Waals surface area (Å²) in [6.45, 7) is 8.23. The molecular formula is C10H19NO2. The molecule has 1 rings (SSSR count). The zero-order chi connectivity index (χ0) is 9.52. The average molecular weight is 185 g/mol. The molecule has 76 valence electrons. The Morgan fingerprint density at radius 1 is 1.69 bits per heavy atom. The number of ether oxygens (including phenoxy) is 2. The summed E-state index contributed by atoms with van der Waals surface area (Å²) in [5.41, 5.74) is 0. The van der Waals surface area contributed by atoms with Gasteiger partial charge in [-0.3, -0.25) is 0 Å². The van der Waals surface area contributed by atoms with E-state index in [2.05, 4.69) is 18.8 Å². The maximum Gasteiger partial charge on any atom is 0.0885 e. The SMILES string of the molecule is C=COCCCNC1CCOC1C. The summed E-state index contributed by atoms with van der Waals surface area (Å²) in [6.07, 6.45) is 4.00. The van der Waals surface area contributed by atoms with Gasteiger partial charge in [0.2, 0.25) is 0 Å². The van der Waals surface area contributed by atoms with Gasteiger partial charge in [0.05, 0.1) is 19.0 Å². The van der Waals surface area contributed by atoms with E-state index in [1.54, 1.807) is 0 Å². The van der Waals surface area contributed by atoms with Crippen molar-refractivity contribution in [3.8, 4) is 0 Å². The molecule has 0 aromatic heterocycles. The fourth-order valence-corrected chi connectivity index (χ4v) is 1.53. The highest BCUT2D eigenvalue weighted by Crippen LogP contribution is 2.11. The van der Waals surface area contributed by atoms with Gasteiger partial charge in [-0.2, -0.15) is 0 Å². The minimum Gasteiger partial charge on any atom is -0.502 e. The van der Waals surface area contributed by atoms with Crippen molar-refractivity contribution in [1.29, 1.82) is 0 Å². The third kappa shape index (κ3) is 3.79. The summed E-state index contributed by atoms with van der Waals surface area (Å²) in [5, 5.41) is 3.45. The number of hydrogen-bond donors (Lipinski definition) is 1. The molecule has 0 aromatic rings. The largest absolute Gasteiger partial charge is 0.502 e. The van der Waals surface area contributed by atoms with Crippen LogP contribution in [0.15, 0.2) is 12.8 Å². The van der Waals surface area contributed by atoms with E-state index < -0.39 is 0 Å². The Morgan fingerprint density at radius 3 is 3.15 bits per heavy atom. The Hall–Kier alpha value is -0.540. The molecule has 0 spiro atoms. The number of nitrogens with one attached hydrogen (secondary N) is 1. The minimum atomic E-state index is 0.361. The lowest BCUT2D eigenvalue weighted by atomic mass is 10.1. The lowest BCUT2D eigenvalue weighted by Crippen LogP contribution is -2.35. The minimum absolute atomic E-state index is 0.361. The van der Waals surface area contributed by atoms with Crippen molar-refractivity contribution in [3.05, 3.63) is 12.8 Å². The molecule has 1 aliphatic heterocycles. The molecule has 2 atom stereocenters. The molecule has 0 bridgehead atoms. The smallest absolute Gasteiger partial charge is 0.0885 e. The van der Waals surface area contributed by atoms with E-state index in [1.165, 1.54) is 6.26 Å². The van der Waals surface area contributed by atoms with E-state index in [0.29, 0.717) is 12.1 Å². The van der Waals surface area contributed by atoms with Crippen molar-refractivity contribution in [2.75, 3.05) is 19.8 Å². The van der Waals surface area contributed by atoms with Gasteiger partial charge in [-0.1, -0.05) is 6.58 Å². The Morgan fingerprint density at radius 2 is 2.54 bits per heavy atom. The number of rotatable bonds is 6. The Bertz CT molecular complexity index is 150. The van der Waals surface area contributed by atoms with Crippen LogP contribution in [0.4, 0.5) is 0 Å². The molecule has 0 aliphatic carbocycles. The monoisotopic (exact) mass is 185 g/mol. The summed E-state index contributed by atoms with van der Waals surface area (Å²) in [7, 11) is 0. The molecule has 0 saturated carbocycles. The Labute approximate surface area is 80.1 Å². The molecule has 1 N–H and O–H groups in total. The van der Waals surface area contributed by atoms with Gasteiger partial charge >= 0.3 is 0 Å². The fraction of sp³-hybridized carbons (Fsp3) is 0.800. The summed E-state index contributed by atoms with van der Waals surface area (Å²) in [5.74, 6) is 0. The lowest BCUT2D eigenvalue weighted by Gasteiger charge is -2.15. The van der Waals surface area contributed by atoms with E-state index in [-0.39, 0.29) is 0 Å². The van der Waals surface area contributed by atoms with E-state index >= 15 is 0 Å². The van der Waals surface area contributed by atoms with Crippen LogP contribution < -0.4 is 5.32 Å². The molecule has 0 radical (unpaired) electrons. The van der Waals surface area contributed by atoms with Crippen molar-refractivity contribution >= 4 is 0 Å². The van der Waals surface area contributed by atoms with Gasteiger partial charge in [0.15, 0.2) is 0 Å². The van der Waals surface area contributed by atoms with Crippen molar-refractivity contribution in [2.45, 2.75) is 31.9 Å². The molecule has 1 heterocycles. The van der Waals surface area contributed by atoms with Crippen molar-refractivity contribution < 1.29 is 9.47 Å². The number of hydrogen-bond acceptors (Lipinski definition) is 3. The van der Waals surface area contributed by atoms with Crippen LogP contribution in [-0.2, 0) is 9.47 Å². The molecule has 1 fully saturated rings. The highest BCUT2D eigenvalue weighted by molar-refractivity contribution is 4.78. The third-order valence-electron chi connectivity index (χ3n) is 2.34. The first-order chi connectivity index (χ1) is 6.34. The first-order valence-electron chi connectivity index (χ1n) is 4.92. The molecular weight excluding hydrogens is 166 g/mol. The highest BCUT2D eigenvalue weighted by Gasteiger charge is 2.22. The molecule has 1 aliphatic rings. The van der Waals surface area contributed by atoms with Crippen LogP contribution in [0.1, 0.15) is 19.8 Å². The summed E-state index contributed by atoms with van der Waals surface area (Å²) in [6, 6.07) is 0.531. The van der Waals surface area contributed by atoms with Gasteiger partial charge in [-0.15, -0.1) is 0 Å². The quantitative estimate of drug-likeness (QED) is 0.500. The van der Waals surface area contributed by atoms with Crippen LogP contribution in [-0.4, -0.2) is 31.9 Å². The van der Waals surface area contributed by atoms with Crippen LogP contribution in [0.3, 0.4) is 0 Å². The summed E-state index contributed by atoms with van der Waals surface area (Å²) >= 11 is 0. The van der Waals surface area contributed by atoms with Crippen LogP contribution in [0, 0.1) is 0 Å². The van der Waals surface area contributed by atoms with Gasteiger partial charge in [0, 0.05) is 12.6 Å². The molecule has 13 heavy (non-hydrogen) atoms. The van der Waals surface area contributed by atoms with Gasteiger partial charge in [0.25, 0.3) is 0 Å². The van der Waals surface area contributed by atoms with E-state index in [0.717, 1.165) is 32.6 Å². The van der Waals surface area contributed by atoms with Gasteiger partial charge in [-0.25, -0.2) is 0 Å². The standard InChI is InChI=1S/C10H19NO2/c1-3-12-7-4-6-11-10-5-8-13-9(10)2/h3,9-11H,1,4-8H2,2H3. The Kier molecular flexibility index (Phi) is 4.86. The maximum absolute atomic E-state index is 5.43. The second-order valence-corrected chi connectivity index (χ2v) is 3.32. The van der Waals surface area contributed by atoms with Crippen molar-refractivity contribution in [3.63, 3.8) is 0 Å². The molecule has 2 unspecified atom stereocenters. The molecule has 1 saturated heterocycles. The van der Waals surface area contributed by atoms with E-state index in [1.807, 2.05) is 0 Å². The van der Waals surface area contributed by atoms with Crippen LogP contribution in [0.2, 0.25) is 0 Å². The van der Waals surface area contributed by atoms with Crippen LogP contribution >= 0.6 is 0 Å². The Balaban J connectivity index is 1.95. The molecule has 3 nitrogen and oxygen atoms in total. The fourth-order valence-electron chi connectivity index (χ4n) is 1.53. The average Bonchev–Trinajstić information content (AvgIpc) is 2.52. The van der Waals surface area contributed by atoms with Crippen LogP contribution in [0.5, 0.6) is 0 Å². The predicted molar refractivity (Wildman–Crippen MR) is 52.6 cm³/mol. The predicted octanol–water partition coefficient (Wildman–Crippen LogP) is 1.30. The van der Waals surface area contributed by atoms with E-state index in [9.17, 15) is 0 Å². The van der Waals surface area contributed by atoms with Crippen molar-refractivity contribution in [2.24, 2.45) is 0 Å². The molecule has 0 amide bonds. The normalized spacial score (nSPS) is 27.5. The van der Waals surface area contributed by atoms with Gasteiger partial charge in [0.1, 0.15) is 0 Å². The van der Waals surface area contributed by atoms with Gasteiger partial charge in [-0.05, 0) is 26.3 Å². The van der Waals surface area contributed by atoms with Crippen LogP contribution in [0.25, 0.3) is 0 Å². The maximum atomic E-state index is 5.43. The highest BCUT2D eigenvalue weighted by atomic mass is 16.5. The zero-order valence-corrected chi connectivity index (χ0v) is 8.29. The summed E-state index contributed by atoms with van der Waals surface area (Å²) in [4.78, 5) is 0. The first kappa shape index (κ1) is 10.5. The lowest BCUT2D eigenvalue weighted by molar-refractivity contribution is 0.112. The molecule has 0 aromatic carbocycles. The molecule has 3 heteroatoms. The second kappa shape index (κ2) is 6.00. The zero-order valence-electron chi connectivity index (χ0n) is 8.29. The van der Waals surface area contributed by atoms with E-state index in [4.69, 9.17) is 9.47 Å². The van der Waals surface area contributed by atoms with Crippen molar-refractivity contribution in [1.82, 2.24) is 5.32 Å². The second-order valence-electron chi connectivity index (χ2n) is 3.32. The third-order valence-corrected chi connectivity index (χ3v) is 2.34.